The molecule has 0 amide bonds. The van der Waals surface area contributed by atoms with Gasteiger partial charge in [0.05, 0.1) is 10.6 Å². The van der Waals surface area contributed by atoms with E-state index in [0.717, 1.165) is 27.8 Å². The normalized spacial score (nSPS) is 11.0. The highest BCUT2D eigenvalue weighted by molar-refractivity contribution is 7.99. The Hall–Kier alpha value is -1.92. The number of Topliss-reactive ketones (excluding diaryl/α,β-unsaturated/α-hetero) is 1. The number of carbonyl (C=O) groups excluding carboxylic acids is 1. The van der Waals surface area contributed by atoms with E-state index >= 15 is 0 Å². The Bertz CT molecular complexity index is 867. The molecule has 0 bridgehead atoms. The van der Waals surface area contributed by atoms with Gasteiger partial charge in [0.15, 0.2) is 16.8 Å². The first kappa shape index (κ1) is 16.9. The molecule has 0 spiro atoms. The average Bonchev–Trinajstić information content (AvgIpc) is 3.19. The monoisotopic (exact) mass is 357 g/mol. The molecule has 0 fully saturated rings. The molecule has 24 heavy (non-hydrogen) atoms. The summed E-state index contributed by atoms with van der Waals surface area (Å²) in [6, 6.07) is 12.1. The van der Waals surface area contributed by atoms with Gasteiger partial charge < -0.3 is 4.57 Å². The van der Waals surface area contributed by atoms with E-state index in [4.69, 9.17) is 0 Å². The number of aryl methyl sites for hydroxylation is 2. The van der Waals surface area contributed by atoms with E-state index in [1.807, 2.05) is 35.9 Å². The average molecular weight is 358 g/mol. The highest BCUT2D eigenvalue weighted by Gasteiger charge is 2.15. The Labute approximate surface area is 149 Å². The highest BCUT2D eigenvalue weighted by Crippen LogP contribution is 2.25. The molecular weight excluding hydrogens is 338 g/mol. The predicted octanol–water partition coefficient (Wildman–Crippen LogP) is 4.39. The minimum atomic E-state index is 0.143. The SMILES string of the molecule is CCc1ccc(C(=O)CSc2nnc(-c3cccc(C)c3)n2C)s1. The Morgan fingerprint density at radius 1 is 1.25 bits per heavy atom. The smallest absolute Gasteiger partial charge is 0.191 e. The number of carbonyl (C=O) groups is 1. The van der Waals surface area contributed by atoms with Crippen molar-refractivity contribution in [1.82, 2.24) is 14.8 Å². The van der Waals surface area contributed by atoms with Gasteiger partial charge in [0, 0.05) is 17.5 Å². The zero-order valence-corrected chi connectivity index (χ0v) is 15.6. The van der Waals surface area contributed by atoms with Gasteiger partial charge in [0.2, 0.25) is 0 Å². The van der Waals surface area contributed by atoms with Crippen LogP contribution < -0.4 is 0 Å². The number of rotatable bonds is 6. The van der Waals surface area contributed by atoms with Gasteiger partial charge in [0.25, 0.3) is 0 Å². The summed E-state index contributed by atoms with van der Waals surface area (Å²) in [5.74, 6) is 1.34. The summed E-state index contributed by atoms with van der Waals surface area (Å²) in [6.45, 7) is 4.15. The standard InChI is InChI=1S/C18H19N3OS2/c1-4-14-8-9-16(24-14)15(22)11-23-18-20-19-17(21(18)3)13-7-5-6-12(2)10-13/h5-10H,4,11H2,1-3H3. The lowest BCUT2D eigenvalue weighted by atomic mass is 10.1. The third-order valence-corrected chi connectivity index (χ3v) is 6.02. The minimum Gasteiger partial charge on any atom is -0.305 e. The topological polar surface area (TPSA) is 47.8 Å². The lowest BCUT2D eigenvalue weighted by Crippen LogP contribution is -2.02. The molecule has 0 saturated carbocycles. The molecule has 1 aromatic carbocycles. The molecule has 0 aliphatic rings. The van der Waals surface area contributed by atoms with Crippen molar-refractivity contribution in [3.63, 3.8) is 0 Å². The zero-order chi connectivity index (χ0) is 17.1. The lowest BCUT2D eigenvalue weighted by molar-refractivity contribution is 0.102. The second-order valence-electron chi connectivity index (χ2n) is 5.57. The van der Waals surface area contributed by atoms with Gasteiger partial charge in [-0.2, -0.15) is 0 Å². The summed E-state index contributed by atoms with van der Waals surface area (Å²) >= 11 is 3.01. The highest BCUT2D eigenvalue weighted by atomic mass is 32.2. The maximum Gasteiger partial charge on any atom is 0.191 e. The van der Waals surface area contributed by atoms with Crippen molar-refractivity contribution >= 4 is 28.9 Å². The summed E-state index contributed by atoms with van der Waals surface area (Å²) in [5.41, 5.74) is 2.22. The lowest BCUT2D eigenvalue weighted by Gasteiger charge is -2.04. The van der Waals surface area contributed by atoms with E-state index in [1.165, 1.54) is 22.2 Å². The van der Waals surface area contributed by atoms with Crippen LogP contribution in [0.3, 0.4) is 0 Å². The van der Waals surface area contributed by atoms with Crippen LogP contribution in [0.25, 0.3) is 11.4 Å². The molecule has 0 aliphatic heterocycles. The van der Waals surface area contributed by atoms with Crippen molar-refractivity contribution in [2.75, 3.05) is 5.75 Å². The molecule has 6 heteroatoms. The molecular formula is C18H19N3OS2. The molecule has 3 rings (SSSR count). The number of benzene rings is 1. The van der Waals surface area contributed by atoms with Crippen LogP contribution in [0.5, 0.6) is 0 Å². The quantitative estimate of drug-likeness (QED) is 0.485. The van der Waals surface area contributed by atoms with Crippen LogP contribution in [-0.2, 0) is 13.5 Å². The van der Waals surface area contributed by atoms with Crippen molar-refractivity contribution in [2.24, 2.45) is 7.05 Å². The van der Waals surface area contributed by atoms with Crippen LogP contribution in [-0.4, -0.2) is 26.3 Å². The summed E-state index contributed by atoms with van der Waals surface area (Å²) in [4.78, 5) is 14.4. The number of nitrogens with zero attached hydrogens (tertiary/aromatic N) is 3. The largest absolute Gasteiger partial charge is 0.305 e. The number of thiophene rings is 1. The summed E-state index contributed by atoms with van der Waals surface area (Å²) < 4.78 is 1.94. The van der Waals surface area contributed by atoms with Gasteiger partial charge in [-0.05, 0) is 31.5 Å². The van der Waals surface area contributed by atoms with Crippen LogP contribution in [0.2, 0.25) is 0 Å². The van der Waals surface area contributed by atoms with Crippen LogP contribution >= 0.6 is 23.1 Å². The number of hydrogen-bond acceptors (Lipinski definition) is 5. The number of hydrogen-bond donors (Lipinski definition) is 0. The van der Waals surface area contributed by atoms with Gasteiger partial charge in [-0.3, -0.25) is 4.79 Å². The van der Waals surface area contributed by atoms with Crippen LogP contribution in [0, 0.1) is 6.92 Å². The molecule has 0 saturated heterocycles. The van der Waals surface area contributed by atoms with Crippen LogP contribution in [0.4, 0.5) is 0 Å². The van der Waals surface area contributed by atoms with E-state index in [0.29, 0.717) is 5.75 Å². The van der Waals surface area contributed by atoms with E-state index in [9.17, 15) is 4.79 Å². The zero-order valence-electron chi connectivity index (χ0n) is 13.9. The Kier molecular flexibility index (Phi) is 5.16. The Morgan fingerprint density at radius 2 is 2.08 bits per heavy atom. The number of thioether (sulfide) groups is 1. The first-order valence-electron chi connectivity index (χ1n) is 7.79. The third-order valence-electron chi connectivity index (χ3n) is 3.73. The maximum absolute atomic E-state index is 12.3. The third kappa shape index (κ3) is 3.60. The van der Waals surface area contributed by atoms with Gasteiger partial charge in [-0.15, -0.1) is 21.5 Å². The first-order valence-corrected chi connectivity index (χ1v) is 9.60. The molecule has 0 atom stereocenters. The Balaban J connectivity index is 1.71. The molecule has 4 nitrogen and oxygen atoms in total. The summed E-state index contributed by atoms with van der Waals surface area (Å²) in [5, 5.41) is 9.27. The van der Waals surface area contributed by atoms with Gasteiger partial charge in [0.1, 0.15) is 0 Å². The maximum atomic E-state index is 12.3. The van der Waals surface area contributed by atoms with Crippen molar-refractivity contribution in [3.8, 4) is 11.4 Å². The van der Waals surface area contributed by atoms with Crippen molar-refractivity contribution in [3.05, 3.63) is 51.7 Å². The van der Waals surface area contributed by atoms with Gasteiger partial charge in [-0.1, -0.05) is 42.4 Å². The molecule has 2 heterocycles. The molecule has 0 N–H and O–H groups in total. The fourth-order valence-corrected chi connectivity index (χ4v) is 4.17. The molecule has 0 aliphatic carbocycles. The van der Waals surface area contributed by atoms with Crippen molar-refractivity contribution in [2.45, 2.75) is 25.4 Å². The van der Waals surface area contributed by atoms with E-state index < -0.39 is 0 Å². The number of aromatic nitrogens is 3. The van der Waals surface area contributed by atoms with E-state index in [2.05, 4.69) is 36.2 Å². The second-order valence-corrected chi connectivity index (χ2v) is 7.68. The molecule has 124 valence electrons. The summed E-state index contributed by atoms with van der Waals surface area (Å²) in [6.07, 6.45) is 0.966. The Morgan fingerprint density at radius 3 is 2.79 bits per heavy atom. The molecule has 0 radical (unpaired) electrons. The van der Waals surface area contributed by atoms with Crippen molar-refractivity contribution < 1.29 is 4.79 Å². The molecule has 2 aromatic heterocycles. The second kappa shape index (κ2) is 7.32. The van der Waals surface area contributed by atoms with Crippen molar-refractivity contribution in [1.29, 1.82) is 0 Å². The fraction of sp³-hybridized carbons (Fsp3) is 0.278. The summed E-state index contributed by atoms with van der Waals surface area (Å²) in [7, 11) is 1.94. The minimum absolute atomic E-state index is 0.143. The van der Waals surface area contributed by atoms with Gasteiger partial charge in [-0.25, -0.2) is 0 Å². The molecule has 3 aromatic rings. The predicted molar refractivity (Wildman–Crippen MR) is 99.9 cm³/mol. The van der Waals surface area contributed by atoms with Crippen LogP contribution in [0.1, 0.15) is 27.0 Å². The number of ketones is 1. The van der Waals surface area contributed by atoms with E-state index in [-0.39, 0.29) is 5.78 Å². The first-order chi connectivity index (χ1) is 11.6. The van der Waals surface area contributed by atoms with Gasteiger partial charge >= 0.3 is 0 Å². The van der Waals surface area contributed by atoms with Crippen LogP contribution in [0.15, 0.2) is 41.6 Å². The fourth-order valence-electron chi connectivity index (χ4n) is 2.40. The molecule has 0 unspecified atom stereocenters. The van der Waals surface area contributed by atoms with E-state index in [1.54, 1.807) is 11.3 Å².